The fourth-order valence-electron chi connectivity index (χ4n) is 16.1. The van der Waals surface area contributed by atoms with Crippen molar-refractivity contribution in [2.75, 3.05) is 14.7 Å². The first-order valence-corrected chi connectivity index (χ1v) is 36.8. The van der Waals surface area contributed by atoms with E-state index >= 15 is 0 Å². The number of benzene rings is 12. The summed E-state index contributed by atoms with van der Waals surface area (Å²) in [6.45, 7) is 42.2. The Balaban J connectivity index is 1.07. The fourth-order valence-corrected chi connectivity index (χ4v) is 16.1. The van der Waals surface area contributed by atoms with E-state index in [4.69, 9.17) is 0 Å². The van der Waals surface area contributed by atoms with Crippen molar-refractivity contribution in [3.8, 4) is 22.5 Å². The molecule has 2 aromatic heterocycles. The number of aromatic nitrogens is 2. The van der Waals surface area contributed by atoms with E-state index in [0.29, 0.717) is 0 Å². The molecule has 0 atom stereocenters. The molecular weight excluding hydrogens is 1230 g/mol. The molecule has 0 bridgehead atoms. The highest BCUT2D eigenvalue weighted by Gasteiger charge is 2.45. The lowest BCUT2D eigenvalue weighted by molar-refractivity contribution is 0.568. The van der Waals surface area contributed by atoms with Crippen LogP contribution in [0.25, 0.3) is 66.1 Å². The lowest BCUT2D eigenvalue weighted by Gasteiger charge is -2.46. The summed E-state index contributed by atoms with van der Waals surface area (Å²) in [7, 11) is 0. The van der Waals surface area contributed by atoms with Gasteiger partial charge in [0.25, 0.3) is 6.71 Å². The molecule has 14 aromatic rings. The van der Waals surface area contributed by atoms with Gasteiger partial charge in [-0.3, -0.25) is 0 Å². The van der Waals surface area contributed by atoms with Crippen molar-refractivity contribution < 1.29 is 0 Å². The molecular formula is C96H96BN5. The van der Waals surface area contributed by atoms with Crippen molar-refractivity contribution in [1.29, 1.82) is 0 Å². The van der Waals surface area contributed by atoms with E-state index in [0.717, 1.165) is 62.6 Å². The standard InChI is InChI=1S/C96H96BN5/c1-91(2,3)63-37-41-69(42-38-63)98(70-43-39-64(40-44-70)92(4,5)6)75-59-88-90-89(60-75)102(74-55-67(95(13,14)15)52-68(56-74)96(16,17)18)87-58-72(100-84-35-27-24-32-78(84)79-50-62(36-49-85(79)100)61-28-20-19-21-29-61)46-48-81(87)97(90)80-47-45-71(99-82-33-25-22-30-76(82)77-31-23-26-34-83(77)99)57-86(80)101(88)73-53-65(93(7,8)9)51-66(54-73)94(10,11)12/h19-60H,1-18H3. The smallest absolute Gasteiger partial charge is 0.252 e. The van der Waals surface area contributed by atoms with Crippen molar-refractivity contribution in [3.63, 3.8) is 0 Å². The Kier molecular flexibility index (Phi) is 15.4. The summed E-state index contributed by atoms with van der Waals surface area (Å²) in [6, 6.07) is 98.6. The van der Waals surface area contributed by atoms with E-state index in [1.54, 1.807) is 0 Å². The zero-order valence-corrected chi connectivity index (χ0v) is 63.1. The van der Waals surface area contributed by atoms with E-state index in [1.807, 2.05) is 0 Å². The topological polar surface area (TPSA) is 19.6 Å². The summed E-state index contributed by atoms with van der Waals surface area (Å²) in [4.78, 5) is 7.91. The largest absolute Gasteiger partial charge is 0.311 e. The predicted octanol–water partition coefficient (Wildman–Crippen LogP) is 24.9. The SMILES string of the molecule is CC(C)(C)c1ccc(N(c2ccc(C(C)(C)C)cc2)c2cc3c4c(c2)N(c2cc(C(C)(C)C)cc(C(C)(C)C)c2)c2cc(-n5c6ccccc6c6cc(-c7ccccc7)ccc65)ccc2B4c2ccc(-n4c5ccccc5c5ccccc54)cc2N3c2cc(C(C)(C)C)cc(C(C)(C)C)c2)cc1. The zero-order valence-electron chi connectivity index (χ0n) is 63.1. The third-order valence-electron chi connectivity index (χ3n) is 22.0. The first-order chi connectivity index (χ1) is 48.4. The fraction of sp³-hybridized carbons (Fsp3) is 0.250. The number of hydrogen-bond acceptors (Lipinski definition) is 3. The molecule has 0 amide bonds. The van der Waals surface area contributed by atoms with Crippen LogP contribution in [0, 0.1) is 0 Å². The molecule has 102 heavy (non-hydrogen) atoms. The minimum Gasteiger partial charge on any atom is -0.311 e. The third-order valence-corrected chi connectivity index (χ3v) is 22.0. The van der Waals surface area contributed by atoms with Crippen molar-refractivity contribution in [2.24, 2.45) is 0 Å². The van der Waals surface area contributed by atoms with Gasteiger partial charge in [0.15, 0.2) is 0 Å². The van der Waals surface area contributed by atoms with E-state index in [1.165, 1.54) is 105 Å². The highest BCUT2D eigenvalue weighted by molar-refractivity contribution is 7.00. The average molecular weight is 1330 g/mol. The molecule has 0 spiro atoms. The molecule has 508 valence electrons. The van der Waals surface area contributed by atoms with Crippen LogP contribution in [0.2, 0.25) is 0 Å². The summed E-state index contributed by atoms with van der Waals surface area (Å²) >= 11 is 0. The van der Waals surface area contributed by atoms with Crippen molar-refractivity contribution in [2.45, 2.75) is 157 Å². The van der Waals surface area contributed by atoms with Gasteiger partial charge in [0.1, 0.15) is 0 Å². The minimum absolute atomic E-state index is 0.0488. The van der Waals surface area contributed by atoms with Gasteiger partial charge in [0, 0.05) is 78.4 Å². The Hall–Kier alpha value is -10.3. The molecule has 0 saturated carbocycles. The molecule has 16 rings (SSSR count). The van der Waals surface area contributed by atoms with Crippen LogP contribution >= 0.6 is 0 Å². The maximum atomic E-state index is 2.69. The maximum absolute atomic E-state index is 2.69. The zero-order chi connectivity index (χ0) is 71.5. The van der Waals surface area contributed by atoms with E-state index in [-0.39, 0.29) is 39.2 Å². The Morgan fingerprint density at radius 1 is 0.245 bits per heavy atom. The molecule has 5 nitrogen and oxygen atoms in total. The third kappa shape index (κ3) is 11.3. The summed E-state index contributed by atoms with van der Waals surface area (Å²) < 4.78 is 5.03. The van der Waals surface area contributed by atoms with E-state index in [9.17, 15) is 0 Å². The number of para-hydroxylation sites is 3. The van der Waals surface area contributed by atoms with Crippen LogP contribution in [0.1, 0.15) is 158 Å². The van der Waals surface area contributed by atoms with Gasteiger partial charge < -0.3 is 23.8 Å². The number of hydrogen-bond donors (Lipinski definition) is 0. The van der Waals surface area contributed by atoms with Gasteiger partial charge in [-0.15, -0.1) is 0 Å². The monoisotopic (exact) mass is 1330 g/mol. The molecule has 0 aliphatic carbocycles. The quantitative estimate of drug-likeness (QED) is 0.141. The minimum atomic E-state index is -0.208. The first kappa shape index (κ1) is 66.3. The molecule has 2 aliphatic heterocycles. The van der Waals surface area contributed by atoms with Gasteiger partial charge in [0.2, 0.25) is 0 Å². The summed E-state index contributed by atoms with van der Waals surface area (Å²) in [6.07, 6.45) is 0. The second kappa shape index (κ2) is 23.6. The summed E-state index contributed by atoms with van der Waals surface area (Å²) in [5, 5.41) is 4.93. The van der Waals surface area contributed by atoms with Crippen LogP contribution in [-0.4, -0.2) is 15.8 Å². The highest BCUT2D eigenvalue weighted by atomic mass is 15.2. The molecule has 0 radical (unpaired) electrons. The van der Waals surface area contributed by atoms with E-state index < -0.39 is 0 Å². The Bertz CT molecular complexity index is 5470. The highest BCUT2D eigenvalue weighted by Crippen LogP contribution is 2.52. The molecule has 0 fully saturated rings. The Morgan fingerprint density at radius 3 is 0.980 bits per heavy atom. The first-order valence-electron chi connectivity index (χ1n) is 36.8. The van der Waals surface area contributed by atoms with Crippen LogP contribution in [0.5, 0.6) is 0 Å². The second-order valence-electron chi connectivity index (χ2n) is 35.3. The van der Waals surface area contributed by atoms with Crippen molar-refractivity contribution in [1.82, 2.24) is 9.13 Å². The molecule has 6 heteroatoms. The maximum Gasteiger partial charge on any atom is 0.252 e. The predicted molar refractivity (Wildman–Crippen MR) is 441 cm³/mol. The van der Waals surface area contributed by atoms with E-state index in [2.05, 4.69) is 403 Å². The van der Waals surface area contributed by atoms with Gasteiger partial charge in [-0.1, -0.05) is 264 Å². The van der Waals surface area contributed by atoms with Gasteiger partial charge >= 0.3 is 0 Å². The van der Waals surface area contributed by atoms with Crippen LogP contribution in [0.3, 0.4) is 0 Å². The summed E-state index contributed by atoms with van der Waals surface area (Å²) in [5.74, 6) is 0. The second-order valence-corrected chi connectivity index (χ2v) is 35.3. The summed E-state index contributed by atoms with van der Waals surface area (Å²) in [5.41, 5.74) is 30.2. The normalized spacial score (nSPS) is 13.5. The van der Waals surface area contributed by atoms with Gasteiger partial charge in [-0.2, -0.15) is 0 Å². The lowest BCUT2D eigenvalue weighted by Crippen LogP contribution is -2.61. The molecule has 0 saturated heterocycles. The van der Waals surface area contributed by atoms with Crippen molar-refractivity contribution in [3.05, 3.63) is 288 Å². The number of anilines is 9. The number of fused-ring (bicyclic) bond motifs is 10. The average Bonchev–Trinajstić information content (AvgIpc) is 0.706. The molecule has 0 N–H and O–H groups in total. The molecule has 12 aromatic carbocycles. The van der Waals surface area contributed by atoms with Crippen LogP contribution in [-0.2, 0) is 32.5 Å². The lowest BCUT2D eigenvalue weighted by atomic mass is 9.33. The Morgan fingerprint density at radius 2 is 0.598 bits per heavy atom. The molecule has 0 unspecified atom stereocenters. The van der Waals surface area contributed by atoms with Crippen molar-refractivity contribution >= 4 is 118 Å². The van der Waals surface area contributed by atoms with Gasteiger partial charge in [0.05, 0.1) is 27.8 Å². The number of rotatable bonds is 8. The van der Waals surface area contributed by atoms with Crippen LogP contribution < -0.4 is 31.1 Å². The van der Waals surface area contributed by atoms with Crippen LogP contribution in [0.4, 0.5) is 51.2 Å². The Labute approximate surface area is 605 Å². The molecule has 4 heterocycles. The van der Waals surface area contributed by atoms with Gasteiger partial charge in [-0.05, 0) is 209 Å². The van der Waals surface area contributed by atoms with Gasteiger partial charge in [-0.25, -0.2) is 0 Å². The number of nitrogens with zero attached hydrogens (tertiary/aromatic N) is 5. The molecule has 2 aliphatic rings. The van der Waals surface area contributed by atoms with Crippen LogP contribution in [0.15, 0.2) is 255 Å².